The summed E-state index contributed by atoms with van der Waals surface area (Å²) in [7, 11) is 0. The Kier molecular flexibility index (Phi) is 7.01. The molecule has 0 radical (unpaired) electrons. The van der Waals surface area contributed by atoms with Crippen LogP contribution in [-0.4, -0.2) is 41.8 Å². The molecule has 4 rings (SSSR count). The molecule has 0 spiro atoms. The lowest BCUT2D eigenvalue weighted by Crippen LogP contribution is -2.42. The number of β-amino-alcohol motifs (C(OH)–C–C–N with tert-alkyl or cyclic N) is 1. The van der Waals surface area contributed by atoms with E-state index in [9.17, 15) is 18.3 Å². The Balaban J connectivity index is 1.51. The fourth-order valence-electron chi connectivity index (χ4n) is 5.78. The van der Waals surface area contributed by atoms with Crippen molar-refractivity contribution in [3.8, 4) is 0 Å². The van der Waals surface area contributed by atoms with Crippen molar-refractivity contribution in [3.05, 3.63) is 53.6 Å². The molecule has 3 aliphatic rings. The first kappa shape index (κ1) is 23.4. The molecular weight excluding hydrogens is 413 g/mol. The van der Waals surface area contributed by atoms with Gasteiger partial charge in [0.2, 0.25) is 0 Å². The number of hydrogen-bond acceptors (Lipinski definition) is 3. The zero-order valence-corrected chi connectivity index (χ0v) is 19.0. The molecule has 0 amide bonds. The van der Waals surface area contributed by atoms with E-state index in [1.165, 1.54) is 12.1 Å². The Morgan fingerprint density at radius 1 is 1.25 bits per heavy atom. The van der Waals surface area contributed by atoms with Gasteiger partial charge in [0.1, 0.15) is 0 Å². The zero-order valence-electron chi connectivity index (χ0n) is 19.0. The van der Waals surface area contributed by atoms with Gasteiger partial charge in [0, 0.05) is 37.3 Å². The second kappa shape index (κ2) is 9.60. The number of likely N-dealkylation sites (tertiary alicyclic amines) is 1. The summed E-state index contributed by atoms with van der Waals surface area (Å²) in [5.41, 5.74) is 1.06. The number of rotatable bonds is 6. The number of allylic oxidation sites excluding steroid dienone is 3. The normalized spacial score (nSPS) is 31.4. The summed E-state index contributed by atoms with van der Waals surface area (Å²) in [5, 5.41) is 13.4. The predicted octanol–water partition coefficient (Wildman–Crippen LogP) is 5.83. The maximum atomic E-state index is 13.4. The Bertz CT molecular complexity index is 850. The van der Waals surface area contributed by atoms with Crippen LogP contribution in [0.3, 0.4) is 0 Å². The monoisotopic (exact) mass is 448 g/mol. The lowest BCUT2D eigenvalue weighted by atomic mass is 9.70. The molecule has 1 fully saturated rings. The quantitative estimate of drug-likeness (QED) is 0.574. The van der Waals surface area contributed by atoms with Crippen LogP contribution in [0.15, 0.2) is 42.5 Å². The van der Waals surface area contributed by atoms with Crippen LogP contribution >= 0.6 is 0 Å². The highest BCUT2D eigenvalue weighted by Crippen LogP contribution is 2.46. The van der Waals surface area contributed by atoms with Crippen molar-refractivity contribution in [3.63, 3.8) is 0 Å². The van der Waals surface area contributed by atoms with Gasteiger partial charge in [-0.05, 0) is 67.2 Å². The van der Waals surface area contributed by atoms with Gasteiger partial charge >= 0.3 is 6.18 Å². The number of nitrogens with one attached hydrogen (secondary N) is 1. The van der Waals surface area contributed by atoms with Gasteiger partial charge in [-0.15, -0.1) is 0 Å². The molecule has 2 heterocycles. The van der Waals surface area contributed by atoms with E-state index in [0.717, 1.165) is 56.6 Å². The summed E-state index contributed by atoms with van der Waals surface area (Å²) in [4.78, 5) is 2.33. The highest BCUT2D eigenvalue weighted by molar-refractivity contribution is 5.58. The first-order chi connectivity index (χ1) is 15.2. The van der Waals surface area contributed by atoms with Crippen molar-refractivity contribution in [1.82, 2.24) is 4.90 Å². The summed E-state index contributed by atoms with van der Waals surface area (Å²) >= 11 is 0. The maximum Gasteiger partial charge on any atom is 0.416 e. The smallest absolute Gasteiger partial charge is 0.392 e. The lowest BCUT2D eigenvalue weighted by molar-refractivity contribution is -0.137. The van der Waals surface area contributed by atoms with E-state index in [2.05, 4.69) is 48.4 Å². The summed E-state index contributed by atoms with van der Waals surface area (Å²) < 4.78 is 40.1. The van der Waals surface area contributed by atoms with Crippen molar-refractivity contribution in [2.75, 3.05) is 25.0 Å². The van der Waals surface area contributed by atoms with Crippen molar-refractivity contribution in [2.45, 2.75) is 63.8 Å². The second-order valence-electron chi connectivity index (χ2n) is 10.0. The maximum absolute atomic E-state index is 13.4. The highest BCUT2D eigenvalue weighted by atomic mass is 19.4. The molecule has 2 N–H and O–H groups in total. The minimum atomic E-state index is -4.33. The van der Waals surface area contributed by atoms with Crippen LogP contribution in [-0.2, 0) is 6.18 Å². The Hall–Kier alpha value is -1.79. The SMILES string of the molecule is C[C@H](CC[C@@H]1[C@H](C)c2cc(C(F)(F)F)ccc2N[C@H]1C1C=CC=CC1)CN1CC[C@@H](O)C1. The van der Waals surface area contributed by atoms with Crippen LogP contribution in [0.25, 0.3) is 0 Å². The van der Waals surface area contributed by atoms with Gasteiger partial charge in [-0.25, -0.2) is 0 Å². The molecule has 1 aliphatic carbocycles. The number of nitrogens with zero attached hydrogens (tertiary/aromatic N) is 1. The topological polar surface area (TPSA) is 35.5 Å². The number of hydrogen-bond donors (Lipinski definition) is 2. The number of anilines is 1. The number of fused-ring (bicyclic) bond motifs is 1. The van der Waals surface area contributed by atoms with E-state index < -0.39 is 11.7 Å². The average Bonchev–Trinajstić information content (AvgIpc) is 3.17. The third kappa shape index (κ3) is 5.23. The standard InChI is InChI=1S/C26H35F3N2O/c1-17(15-31-13-12-21(32)16-31)8-10-22-18(2)23-14-20(26(27,28)29)9-11-24(23)30-25(22)19-6-4-3-5-7-19/h3-6,9,11,14,17-19,21-22,25,30,32H,7-8,10,12-13,15-16H2,1-2H3/t17-,18+,19?,21-,22-,25+/m1/s1. The number of alkyl halides is 3. The minimum absolute atomic E-state index is 0.0543. The summed E-state index contributed by atoms with van der Waals surface area (Å²) in [5.74, 6) is 1.14. The van der Waals surface area contributed by atoms with Gasteiger partial charge in [0.15, 0.2) is 0 Å². The van der Waals surface area contributed by atoms with Gasteiger partial charge in [0.05, 0.1) is 11.7 Å². The molecule has 1 aromatic carbocycles. The molecule has 1 aromatic rings. The molecule has 2 aliphatic heterocycles. The first-order valence-electron chi connectivity index (χ1n) is 11.9. The van der Waals surface area contributed by atoms with Crippen LogP contribution in [0, 0.1) is 17.8 Å². The number of benzene rings is 1. The average molecular weight is 449 g/mol. The van der Waals surface area contributed by atoms with Crippen LogP contribution in [0.2, 0.25) is 0 Å². The van der Waals surface area contributed by atoms with Crippen molar-refractivity contribution >= 4 is 5.69 Å². The third-order valence-electron chi connectivity index (χ3n) is 7.58. The Labute approximate surface area is 189 Å². The van der Waals surface area contributed by atoms with Gasteiger partial charge < -0.3 is 15.3 Å². The van der Waals surface area contributed by atoms with Crippen molar-refractivity contribution < 1.29 is 18.3 Å². The highest BCUT2D eigenvalue weighted by Gasteiger charge is 2.39. The molecule has 1 unspecified atom stereocenters. The van der Waals surface area contributed by atoms with Crippen LogP contribution in [0.4, 0.5) is 18.9 Å². The molecule has 32 heavy (non-hydrogen) atoms. The van der Waals surface area contributed by atoms with Crippen LogP contribution in [0.1, 0.15) is 56.6 Å². The summed E-state index contributed by atoms with van der Waals surface area (Å²) in [6, 6.07) is 4.36. The predicted molar refractivity (Wildman–Crippen MR) is 123 cm³/mol. The van der Waals surface area contributed by atoms with E-state index >= 15 is 0 Å². The molecule has 176 valence electrons. The number of aliphatic hydroxyl groups is 1. The van der Waals surface area contributed by atoms with E-state index in [1.54, 1.807) is 6.07 Å². The molecule has 0 saturated carbocycles. The Morgan fingerprint density at radius 2 is 2.06 bits per heavy atom. The fraction of sp³-hybridized carbons (Fsp3) is 0.615. The van der Waals surface area contributed by atoms with Gasteiger partial charge in [-0.2, -0.15) is 13.2 Å². The molecule has 0 bridgehead atoms. The van der Waals surface area contributed by atoms with E-state index in [0.29, 0.717) is 11.8 Å². The van der Waals surface area contributed by atoms with Gasteiger partial charge in [-0.3, -0.25) is 0 Å². The molecule has 0 aromatic heterocycles. The van der Waals surface area contributed by atoms with Crippen LogP contribution in [0.5, 0.6) is 0 Å². The third-order valence-corrected chi connectivity index (χ3v) is 7.58. The molecular formula is C26H35F3N2O. The molecule has 6 heteroatoms. The van der Waals surface area contributed by atoms with Gasteiger partial charge in [-0.1, -0.05) is 38.2 Å². The number of aliphatic hydroxyl groups excluding tert-OH is 1. The van der Waals surface area contributed by atoms with Crippen molar-refractivity contribution in [1.29, 1.82) is 0 Å². The summed E-state index contributed by atoms with van der Waals surface area (Å²) in [6.45, 7) is 7.02. The van der Waals surface area contributed by atoms with E-state index in [-0.39, 0.29) is 24.0 Å². The molecule has 3 nitrogen and oxygen atoms in total. The minimum Gasteiger partial charge on any atom is -0.392 e. The Morgan fingerprint density at radius 3 is 2.72 bits per heavy atom. The first-order valence-corrected chi connectivity index (χ1v) is 11.9. The molecule has 6 atom stereocenters. The lowest BCUT2D eigenvalue weighted by Gasteiger charge is -2.43. The van der Waals surface area contributed by atoms with Gasteiger partial charge in [0.25, 0.3) is 0 Å². The fourth-order valence-corrected chi connectivity index (χ4v) is 5.78. The largest absolute Gasteiger partial charge is 0.416 e. The molecule has 1 saturated heterocycles. The summed E-state index contributed by atoms with van der Waals surface area (Å²) in [6.07, 6.45) is 7.83. The zero-order chi connectivity index (χ0) is 22.9. The second-order valence-corrected chi connectivity index (χ2v) is 10.0. The van der Waals surface area contributed by atoms with E-state index in [1.807, 2.05) is 0 Å². The van der Waals surface area contributed by atoms with E-state index in [4.69, 9.17) is 0 Å². The van der Waals surface area contributed by atoms with Crippen molar-refractivity contribution in [2.24, 2.45) is 17.8 Å². The number of halogens is 3. The van der Waals surface area contributed by atoms with Crippen LogP contribution < -0.4 is 5.32 Å².